The number of rotatable bonds is 4. The third-order valence-electron chi connectivity index (χ3n) is 2.26. The van der Waals surface area contributed by atoms with Crippen LogP contribution in [0.25, 0.3) is 0 Å². The molecule has 0 atom stereocenters. The number of anilines is 1. The Morgan fingerprint density at radius 3 is 2.72 bits per heavy atom. The molecule has 0 bridgehead atoms. The zero-order chi connectivity index (χ0) is 13.2. The van der Waals surface area contributed by atoms with Gasteiger partial charge in [-0.25, -0.2) is 12.8 Å². The summed E-state index contributed by atoms with van der Waals surface area (Å²) in [6.45, 7) is -0.472. The van der Waals surface area contributed by atoms with Gasteiger partial charge >= 0.3 is 0 Å². The van der Waals surface area contributed by atoms with Crippen LogP contribution in [-0.2, 0) is 16.6 Å². The van der Waals surface area contributed by atoms with Crippen LogP contribution in [0.3, 0.4) is 0 Å². The van der Waals surface area contributed by atoms with Crippen molar-refractivity contribution >= 4 is 27.0 Å². The highest BCUT2D eigenvalue weighted by atomic mass is 32.2. The minimum absolute atomic E-state index is 0.152. The van der Waals surface area contributed by atoms with Gasteiger partial charge in [0.1, 0.15) is 5.82 Å². The Balaban J connectivity index is 2.43. The van der Waals surface area contributed by atoms with Crippen LogP contribution in [0.1, 0.15) is 5.56 Å². The first-order chi connectivity index (χ1) is 8.53. The maximum Gasteiger partial charge on any atom is 0.262 e. The lowest BCUT2D eigenvalue weighted by atomic mass is 10.2. The molecule has 1 heterocycles. The molecule has 0 fully saturated rings. The van der Waals surface area contributed by atoms with Gasteiger partial charge in [0.25, 0.3) is 10.0 Å². The van der Waals surface area contributed by atoms with E-state index in [2.05, 4.69) is 4.72 Å². The summed E-state index contributed by atoms with van der Waals surface area (Å²) in [5.41, 5.74) is 0.562. The van der Waals surface area contributed by atoms with Crippen LogP contribution in [0.4, 0.5) is 10.1 Å². The molecule has 0 saturated heterocycles. The molecule has 2 N–H and O–H groups in total. The molecule has 0 saturated carbocycles. The lowest BCUT2D eigenvalue weighted by Crippen LogP contribution is -2.15. The lowest BCUT2D eigenvalue weighted by Gasteiger charge is -2.10. The quantitative estimate of drug-likeness (QED) is 0.905. The topological polar surface area (TPSA) is 66.4 Å². The molecule has 18 heavy (non-hydrogen) atoms. The van der Waals surface area contributed by atoms with Crippen LogP contribution in [0.15, 0.2) is 39.9 Å². The Labute approximate surface area is 108 Å². The SMILES string of the molecule is O=S(=O)(Nc1ccsc1)c1cc(F)ccc1CO. The first kappa shape index (κ1) is 13.0. The van der Waals surface area contributed by atoms with Gasteiger partial charge in [-0.2, -0.15) is 11.3 Å². The second kappa shape index (κ2) is 5.05. The van der Waals surface area contributed by atoms with E-state index in [0.29, 0.717) is 5.69 Å². The number of thiophene rings is 1. The average molecular weight is 287 g/mol. The van der Waals surface area contributed by atoms with E-state index in [9.17, 15) is 12.8 Å². The summed E-state index contributed by atoms with van der Waals surface area (Å²) in [5, 5.41) is 12.4. The highest BCUT2D eigenvalue weighted by Crippen LogP contribution is 2.22. The smallest absolute Gasteiger partial charge is 0.262 e. The van der Waals surface area contributed by atoms with E-state index >= 15 is 0 Å². The summed E-state index contributed by atoms with van der Waals surface area (Å²) in [6.07, 6.45) is 0. The van der Waals surface area contributed by atoms with Gasteiger partial charge in [-0.1, -0.05) is 6.07 Å². The minimum Gasteiger partial charge on any atom is -0.392 e. The second-order valence-electron chi connectivity index (χ2n) is 3.53. The van der Waals surface area contributed by atoms with Crippen LogP contribution in [-0.4, -0.2) is 13.5 Å². The number of aliphatic hydroxyl groups is 1. The third-order valence-corrected chi connectivity index (χ3v) is 4.41. The molecule has 0 radical (unpaired) electrons. The van der Waals surface area contributed by atoms with E-state index in [4.69, 9.17) is 5.11 Å². The fraction of sp³-hybridized carbons (Fsp3) is 0.0909. The molecule has 7 heteroatoms. The van der Waals surface area contributed by atoms with Gasteiger partial charge < -0.3 is 5.11 Å². The van der Waals surface area contributed by atoms with E-state index in [0.717, 1.165) is 12.1 Å². The Hall–Kier alpha value is -1.44. The fourth-order valence-electron chi connectivity index (χ4n) is 1.44. The molecule has 0 amide bonds. The molecular formula is C11H10FNO3S2. The standard InChI is InChI=1S/C11H10FNO3S2/c12-9-2-1-8(6-14)11(5-9)18(15,16)13-10-3-4-17-7-10/h1-5,7,13-14H,6H2. The first-order valence-electron chi connectivity index (χ1n) is 4.97. The zero-order valence-electron chi connectivity index (χ0n) is 9.13. The molecule has 1 aromatic heterocycles. The van der Waals surface area contributed by atoms with Crippen LogP contribution in [0.2, 0.25) is 0 Å². The number of sulfonamides is 1. The van der Waals surface area contributed by atoms with Gasteiger partial charge in [0.2, 0.25) is 0 Å². The van der Waals surface area contributed by atoms with Gasteiger partial charge in [-0.05, 0) is 29.1 Å². The monoisotopic (exact) mass is 287 g/mol. The predicted molar refractivity (Wildman–Crippen MR) is 67.5 cm³/mol. The Morgan fingerprint density at radius 1 is 1.33 bits per heavy atom. The summed E-state index contributed by atoms with van der Waals surface area (Å²) in [7, 11) is -3.89. The van der Waals surface area contributed by atoms with Crippen molar-refractivity contribution < 1.29 is 17.9 Å². The predicted octanol–water partition coefficient (Wildman–Crippen LogP) is 2.18. The van der Waals surface area contributed by atoms with Crippen LogP contribution < -0.4 is 4.72 Å². The van der Waals surface area contributed by atoms with Crippen LogP contribution in [0.5, 0.6) is 0 Å². The molecule has 2 rings (SSSR count). The summed E-state index contributed by atoms with van der Waals surface area (Å²) >= 11 is 1.34. The van der Waals surface area contributed by atoms with Crippen LogP contribution in [0, 0.1) is 5.82 Å². The van der Waals surface area contributed by atoms with Crippen molar-refractivity contribution in [3.8, 4) is 0 Å². The number of nitrogens with one attached hydrogen (secondary N) is 1. The van der Waals surface area contributed by atoms with Crippen molar-refractivity contribution in [2.45, 2.75) is 11.5 Å². The highest BCUT2D eigenvalue weighted by molar-refractivity contribution is 7.92. The molecule has 4 nitrogen and oxygen atoms in total. The third kappa shape index (κ3) is 2.69. The van der Waals surface area contributed by atoms with E-state index in [1.54, 1.807) is 16.8 Å². The maximum atomic E-state index is 13.1. The molecule has 1 aromatic carbocycles. The number of hydrogen-bond acceptors (Lipinski definition) is 4. The average Bonchev–Trinajstić information content (AvgIpc) is 2.81. The summed E-state index contributed by atoms with van der Waals surface area (Å²) in [4.78, 5) is -0.254. The Kier molecular flexibility index (Phi) is 3.65. The van der Waals surface area contributed by atoms with Gasteiger partial charge in [0.15, 0.2) is 0 Å². The second-order valence-corrected chi connectivity index (χ2v) is 5.96. The number of halogens is 1. The van der Waals surface area contributed by atoms with E-state index in [1.807, 2.05) is 0 Å². The normalized spacial score (nSPS) is 11.4. The van der Waals surface area contributed by atoms with E-state index in [-0.39, 0.29) is 10.5 Å². The van der Waals surface area contributed by atoms with Crippen molar-refractivity contribution in [2.24, 2.45) is 0 Å². The first-order valence-corrected chi connectivity index (χ1v) is 7.40. The van der Waals surface area contributed by atoms with E-state index < -0.39 is 22.4 Å². The number of benzene rings is 1. The molecule has 0 aliphatic heterocycles. The zero-order valence-corrected chi connectivity index (χ0v) is 10.8. The van der Waals surface area contributed by atoms with Crippen molar-refractivity contribution in [1.29, 1.82) is 0 Å². The molecule has 0 aliphatic carbocycles. The van der Waals surface area contributed by atoms with Crippen LogP contribution >= 0.6 is 11.3 Å². The Morgan fingerprint density at radius 2 is 2.11 bits per heavy atom. The molecule has 0 aliphatic rings. The number of hydrogen-bond donors (Lipinski definition) is 2. The number of aliphatic hydroxyl groups excluding tert-OH is 1. The van der Waals surface area contributed by atoms with E-state index in [1.165, 1.54) is 17.4 Å². The Bertz CT molecular complexity index is 638. The highest BCUT2D eigenvalue weighted by Gasteiger charge is 2.19. The summed E-state index contributed by atoms with van der Waals surface area (Å²) in [6, 6.07) is 4.84. The van der Waals surface area contributed by atoms with Crippen molar-refractivity contribution in [2.75, 3.05) is 4.72 Å². The lowest BCUT2D eigenvalue weighted by molar-refractivity contribution is 0.278. The maximum absolute atomic E-state index is 13.1. The van der Waals surface area contributed by atoms with Crippen molar-refractivity contribution in [3.63, 3.8) is 0 Å². The van der Waals surface area contributed by atoms with Crippen molar-refractivity contribution in [3.05, 3.63) is 46.4 Å². The summed E-state index contributed by atoms with van der Waals surface area (Å²) < 4.78 is 39.5. The molecule has 0 unspecified atom stereocenters. The van der Waals surface area contributed by atoms with Gasteiger partial charge in [0.05, 0.1) is 17.2 Å². The van der Waals surface area contributed by atoms with Gasteiger partial charge in [-0.15, -0.1) is 0 Å². The van der Waals surface area contributed by atoms with Gasteiger partial charge in [-0.3, -0.25) is 4.72 Å². The largest absolute Gasteiger partial charge is 0.392 e. The molecular weight excluding hydrogens is 277 g/mol. The van der Waals surface area contributed by atoms with Gasteiger partial charge in [0, 0.05) is 5.38 Å². The fourth-order valence-corrected chi connectivity index (χ4v) is 3.40. The van der Waals surface area contributed by atoms with Crippen molar-refractivity contribution in [1.82, 2.24) is 0 Å². The summed E-state index contributed by atoms with van der Waals surface area (Å²) in [5.74, 6) is -0.669. The molecule has 0 spiro atoms. The minimum atomic E-state index is -3.89. The molecule has 2 aromatic rings. The molecule has 96 valence electrons.